The van der Waals surface area contributed by atoms with Gasteiger partial charge in [-0.3, -0.25) is 4.90 Å². The molecule has 1 N–H and O–H groups in total. The highest BCUT2D eigenvalue weighted by Gasteiger charge is 2.33. The van der Waals surface area contributed by atoms with Crippen LogP contribution in [0, 0.1) is 5.92 Å². The van der Waals surface area contributed by atoms with E-state index < -0.39 is 11.7 Å². The predicted octanol–water partition coefficient (Wildman–Crippen LogP) is 4.25. The van der Waals surface area contributed by atoms with Gasteiger partial charge in [-0.05, 0) is 42.9 Å². The van der Waals surface area contributed by atoms with Crippen molar-refractivity contribution in [3.63, 3.8) is 0 Å². The van der Waals surface area contributed by atoms with Crippen molar-refractivity contribution in [1.29, 1.82) is 0 Å². The van der Waals surface area contributed by atoms with E-state index in [4.69, 9.17) is 0 Å². The smallest absolute Gasteiger partial charge is 0.395 e. The summed E-state index contributed by atoms with van der Waals surface area (Å²) in [5, 5.41) is 9.60. The van der Waals surface area contributed by atoms with Crippen molar-refractivity contribution in [3.05, 3.63) is 35.4 Å². The molecule has 0 aliphatic carbocycles. The van der Waals surface area contributed by atoms with Gasteiger partial charge in [-0.15, -0.1) is 0 Å². The number of hydrogen-bond acceptors (Lipinski definition) is 2. The minimum atomic E-state index is -4.30. The number of piperidine rings is 1. The van der Waals surface area contributed by atoms with E-state index in [0.29, 0.717) is 5.92 Å². The summed E-state index contributed by atoms with van der Waals surface area (Å²) in [6.45, 7) is 5.20. The molecule has 5 heteroatoms. The van der Waals surface area contributed by atoms with Crippen LogP contribution in [-0.4, -0.2) is 29.2 Å². The Balaban J connectivity index is 2.23. The summed E-state index contributed by atoms with van der Waals surface area (Å²) >= 11 is 0. The summed E-state index contributed by atoms with van der Waals surface area (Å²) in [6.07, 6.45) is -1.46. The molecule has 0 aromatic heterocycles. The van der Waals surface area contributed by atoms with Crippen molar-refractivity contribution in [2.24, 2.45) is 5.92 Å². The first-order valence-corrected chi connectivity index (χ1v) is 7.90. The number of halogens is 3. The van der Waals surface area contributed by atoms with Gasteiger partial charge in [0.25, 0.3) is 0 Å². The lowest BCUT2D eigenvalue weighted by Gasteiger charge is -2.43. The summed E-state index contributed by atoms with van der Waals surface area (Å²) in [5.74, 6) is 0.547. The molecule has 3 atom stereocenters. The second-order valence-corrected chi connectivity index (χ2v) is 6.26. The third-order valence-electron chi connectivity index (χ3n) is 4.60. The normalized spacial score (nSPS) is 25.2. The molecule has 1 aromatic carbocycles. The highest BCUT2D eigenvalue weighted by Crippen LogP contribution is 2.35. The van der Waals surface area contributed by atoms with Crippen LogP contribution in [0.5, 0.6) is 0 Å². The number of hydrogen-bond donors (Lipinski definition) is 1. The van der Waals surface area contributed by atoms with E-state index in [-0.39, 0.29) is 18.7 Å². The van der Waals surface area contributed by atoms with Crippen molar-refractivity contribution in [2.75, 3.05) is 13.2 Å². The van der Waals surface area contributed by atoms with Crippen molar-refractivity contribution in [1.82, 2.24) is 4.90 Å². The molecule has 1 aromatic rings. The molecule has 1 heterocycles. The second kappa shape index (κ2) is 7.01. The third kappa shape index (κ3) is 3.82. The van der Waals surface area contributed by atoms with Crippen LogP contribution in [0.2, 0.25) is 0 Å². The fraction of sp³-hybridized carbons (Fsp3) is 0.647. The third-order valence-corrected chi connectivity index (χ3v) is 4.60. The molecule has 0 bridgehead atoms. The molecular weight excluding hydrogens is 291 g/mol. The largest absolute Gasteiger partial charge is 0.416 e. The van der Waals surface area contributed by atoms with Crippen molar-refractivity contribution >= 4 is 0 Å². The molecule has 2 rings (SSSR count). The summed E-state index contributed by atoms with van der Waals surface area (Å²) in [7, 11) is 0. The molecule has 0 saturated carbocycles. The molecule has 22 heavy (non-hydrogen) atoms. The lowest BCUT2D eigenvalue weighted by atomic mass is 9.90. The van der Waals surface area contributed by atoms with Crippen molar-refractivity contribution in [3.8, 4) is 0 Å². The summed E-state index contributed by atoms with van der Waals surface area (Å²) in [6, 6.07) is 5.61. The van der Waals surface area contributed by atoms with Gasteiger partial charge >= 0.3 is 6.18 Å². The Kier molecular flexibility index (Phi) is 5.50. The highest BCUT2D eigenvalue weighted by molar-refractivity contribution is 5.27. The zero-order chi connectivity index (χ0) is 16.3. The zero-order valence-corrected chi connectivity index (χ0v) is 13.1. The fourth-order valence-electron chi connectivity index (χ4n) is 3.38. The van der Waals surface area contributed by atoms with Crippen LogP contribution in [0.4, 0.5) is 13.2 Å². The van der Waals surface area contributed by atoms with Gasteiger partial charge in [0.2, 0.25) is 0 Å². The van der Waals surface area contributed by atoms with Gasteiger partial charge in [-0.1, -0.05) is 26.0 Å². The molecule has 1 saturated heterocycles. The summed E-state index contributed by atoms with van der Waals surface area (Å²) < 4.78 is 38.0. The van der Waals surface area contributed by atoms with Crippen LogP contribution in [-0.2, 0) is 6.18 Å². The number of alkyl halides is 3. The van der Waals surface area contributed by atoms with Crippen molar-refractivity contribution in [2.45, 2.75) is 51.4 Å². The minimum Gasteiger partial charge on any atom is -0.395 e. The topological polar surface area (TPSA) is 23.5 Å². The Morgan fingerprint density at radius 3 is 2.36 bits per heavy atom. The van der Waals surface area contributed by atoms with E-state index >= 15 is 0 Å². The summed E-state index contributed by atoms with van der Waals surface area (Å²) in [5.41, 5.74) is 0.278. The number of benzene rings is 1. The second-order valence-electron chi connectivity index (χ2n) is 6.26. The standard InChI is InChI=1S/C17H24F3NO/c1-3-16(21-10-12(2)4-9-15(21)11-22)13-5-7-14(8-6-13)17(18,19)20/h5-8,12,15-16,22H,3-4,9-11H2,1-2H3/t12-,15+,16?/m1/s1. The van der Waals surface area contributed by atoms with Crippen LogP contribution in [0.25, 0.3) is 0 Å². The summed E-state index contributed by atoms with van der Waals surface area (Å²) in [4.78, 5) is 2.26. The molecule has 0 radical (unpaired) electrons. The molecule has 124 valence electrons. The van der Waals surface area contributed by atoms with E-state index in [9.17, 15) is 18.3 Å². The van der Waals surface area contributed by atoms with E-state index in [1.807, 2.05) is 6.92 Å². The number of rotatable bonds is 4. The maximum Gasteiger partial charge on any atom is 0.416 e. The molecule has 0 amide bonds. The lowest BCUT2D eigenvalue weighted by molar-refractivity contribution is -0.137. The Labute approximate surface area is 129 Å². The molecule has 1 unspecified atom stereocenters. The molecule has 2 nitrogen and oxygen atoms in total. The van der Waals surface area contributed by atoms with Gasteiger partial charge in [0, 0.05) is 18.6 Å². The van der Waals surface area contributed by atoms with Gasteiger partial charge in [-0.2, -0.15) is 13.2 Å². The minimum absolute atomic E-state index is 0.0576. The predicted molar refractivity (Wildman–Crippen MR) is 80.5 cm³/mol. The van der Waals surface area contributed by atoms with Crippen LogP contribution in [0.3, 0.4) is 0 Å². The Hall–Kier alpha value is -1.07. The first kappa shape index (κ1) is 17.3. The molecular formula is C17H24F3NO. The van der Waals surface area contributed by atoms with Gasteiger partial charge < -0.3 is 5.11 Å². The fourth-order valence-corrected chi connectivity index (χ4v) is 3.38. The quantitative estimate of drug-likeness (QED) is 0.898. The molecule has 1 aliphatic heterocycles. The average molecular weight is 315 g/mol. The highest BCUT2D eigenvalue weighted by atomic mass is 19.4. The van der Waals surface area contributed by atoms with E-state index in [1.165, 1.54) is 0 Å². The molecule has 0 spiro atoms. The Morgan fingerprint density at radius 1 is 1.23 bits per heavy atom. The van der Waals surface area contributed by atoms with Gasteiger partial charge in [0.1, 0.15) is 0 Å². The zero-order valence-electron chi connectivity index (χ0n) is 13.1. The van der Waals surface area contributed by atoms with Crippen LogP contribution in [0.15, 0.2) is 24.3 Å². The lowest BCUT2D eigenvalue weighted by Crippen LogP contribution is -2.46. The monoisotopic (exact) mass is 315 g/mol. The first-order chi connectivity index (χ1) is 10.4. The van der Waals surface area contributed by atoms with E-state index in [0.717, 1.165) is 43.5 Å². The number of likely N-dealkylation sites (tertiary alicyclic amines) is 1. The number of aliphatic hydroxyl groups excluding tert-OH is 1. The number of aliphatic hydroxyl groups is 1. The van der Waals surface area contributed by atoms with E-state index in [1.54, 1.807) is 12.1 Å². The molecule has 1 aliphatic rings. The Morgan fingerprint density at radius 2 is 1.86 bits per heavy atom. The van der Waals surface area contributed by atoms with Crippen LogP contribution < -0.4 is 0 Å². The van der Waals surface area contributed by atoms with Crippen molar-refractivity contribution < 1.29 is 18.3 Å². The number of nitrogens with zero attached hydrogens (tertiary/aromatic N) is 1. The maximum atomic E-state index is 12.7. The first-order valence-electron chi connectivity index (χ1n) is 7.90. The van der Waals surface area contributed by atoms with Gasteiger partial charge in [0.15, 0.2) is 0 Å². The maximum absolute atomic E-state index is 12.7. The van der Waals surface area contributed by atoms with E-state index in [2.05, 4.69) is 11.8 Å². The SMILES string of the molecule is CCC(c1ccc(C(F)(F)F)cc1)N1C[C@H](C)CC[C@H]1CO. The van der Waals surface area contributed by atoms with Crippen LogP contribution in [0.1, 0.15) is 50.3 Å². The molecule has 1 fully saturated rings. The average Bonchev–Trinajstić information content (AvgIpc) is 2.48. The van der Waals surface area contributed by atoms with Crippen LogP contribution >= 0.6 is 0 Å². The van der Waals surface area contributed by atoms with Gasteiger partial charge in [0.05, 0.1) is 12.2 Å². The van der Waals surface area contributed by atoms with Gasteiger partial charge in [-0.25, -0.2) is 0 Å². The Bertz CT molecular complexity index is 472.